The standard InChI is InChI=1S/C25H35N3O3.HI/c1-4-26-25(28(2)18-21-9-11-23(29-3)12-10-21)27-17-20-5-7-22(8-6-20)19-31-24-13-15-30-16-14-24;/h5-12,24H,4,13-19H2,1-3H3,(H,26,27);1H. The van der Waals surface area contributed by atoms with Crippen molar-refractivity contribution in [3.05, 3.63) is 65.2 Å². The predicted octanol–water partition coefficient (Wildman–Crippen LogP) is 4.61. The maximum absolute atomic E-state index is 6.01. The molecule has 0 unspecified atom stereocenters. The van der Waals surface area contributed by atoms with Gasteiger partial charge < -0.3 is 24.4 Å². The number of guanidine groups is 1. The first-order chi connectivity index (χ1) is 15.2. The summed E-state index contributed by atoms with van der Waals surface area (Å²) in [6, 6.07) is 16.7. The lowest BCUT2D eigenvalue weighted by atomic mass is 10.1. The minimum Gasteiger partial charge on any atom is -0.497 e. The summed E-state index contributed by atoms with van der Waals surface area (Å²) in [5.41, 5.74) is 3.59. The molecule has 1 aliphatic heterocycles. The molecule has 6 nitrogen and oxygen atoms in total. The zero-order valence-corrected chi connectivity index (χ0v) is 21.7. The van der Waals surface area contributed by atoms with Gasteiger partial charge in [-0.2, -0.15) is 0 Å². The Kier molecular flexibility index (Phi) is 11.8. The number of halogens is 1. The molecule has 0 saturated carbocycles. The summed E-state index contributed by atoms with van der Waals surface area (Å²) in [4.78, 5) is 6.96. The first kappa shape index (κ1) is 26.4. The van der Waals surface area contributed by atoms with Crippen molar-refractivity contribution in [3.8, 4) is 5.75 Å². The van der Waals surface area contributed by atoms with Gasteiger partial charge in [0.1, 0.15) is 5.75 Å². The lowest BCUT2D eigenvalue weighted by Gasteiger charge is -2.22. The lowest BCUT2D eigenvalue weighted by Crippen LogP contribution is -2.38. The molecule has 0 atom stereocenters. The number of nitrogens with zero attached hydrogens (tertiary/aromatic N) is 2. The Morgan fingerprint density at radius 2 is 1.66 bits per heavy atom. The summed E-state index contributed by atoms with van der Waals surface area (Å²) < 4.78 is 16.6. The molecule has 1 heterocycles. The highest BCUT2D eigenvalue weighted by Crippen LogP contribution is 2.15. The van der Waals surface area contributed by atoms with Crippen LogP contribution in [0.3, 0.4) is 0 Å². The van der Waals surface area contributed by atoms with Gasteiger partial charge in [0.05, 0.1) is 26.4 Å². The van der Waals surface area contributed by atoms with Gasteiger partial charge in [0.15, 0.2) is 5.96 Å². The van der Waals surface area contributed by atoms with Crippen LogP contribution in [0.25, 0.3) is 0 Å². The fourth-order valence-corrected chi connectivity index (χ4v) is 3.51. The number of hydrogen-bond acceptors (Lipinski definition) is 4. The number of ether oxygens (including phenoxy) is 3. The van der Waals surface area contributed by atoms with Crippen molar-refractivity contribution in [1.82, 2.24) is 10.2 Å². The Hall–Kier alpha value is -1.84. The van der Waals surface area contributed by atoms with E-state index in [1.54, 1.807) is 7.11 Å². The molecule has 0 spiro atoms. The van der Waals surface area contributed by atoms with Crippen LogP contribution in [-0.4, -0.2) is 50.9 Å². The van der Waals surface area contributed by atoms with Gasteiger partial charge in [-0.15, -0.1) is 24.0 Å². The average molecular weight is 553 g/mol. The van der Waals surface area contributed by atoms with Crippen LogP contribution in [0, 0.1) is 0 Å². The molecule has 176 valence electrons. The van der Waals surface area contributed by atoms with Crippen LogP contribution in [0.2, 0.25) is 0 Å². The van der Waals surface area contributed by atoms with Crippen LogP contribution in [0.5, 0.6) is 5.75 Å². The Labute approximate surface area is 209 Å². The van der Waals surface area contributed by atoms with Crippen molar-refractivity contribution >= 4 is 29.9 Å². The maximum atomic E-state index is 6.01. The largest absolute Gasteiger partial charge is 0.497 e. The molecule has 2 aromatic rings. The van der Waals surface area contributed by atoms with Crippen molar-refractivity contribution in [2.24, 2.45) is 4.99 Å². The zero-order chi connectivity index (χ0) is 21.9. The molecule has 1 saturated heterocycles. The van der Waals surface area contributed by atoms with Gasteiger partial charge in [0.2, 0.25) is 0 Å². The molecule has 1 N–H and O–H groups in total. The van der Waals surface area contributed by atoms with Crippen LogP contribution in [0.1, 0.15) is 36.5 Å². The van der Waals surface area contributed by atoms with Gasteiger partial charge in [-0.3, -0.25) is 0 Å². The Bertz CT molecular complexity index is 806. The molecule has 2 aromatic carbocycles. The predicted molar refractivity (Wildman–Crippen MR) is 140 cm³/mol. The third-order valence-corrected chi connectivity index (χ3v) is 5.36. The summed E-state index contributed by atoms with van der Waals surface area (Å²) in [6.45, 7) is 6.60. The van der Waals surface area contributed by atoms with Crippen LogP contribution in [0.15, 0.2) is 53.5 Å². The van der Waals surface area contributed by atoms with E-state index in [-0.39, 0.29) is 24.0 Å². The van der Waals surface area contributed by atoms with Gasteiger partial charge in [-0.05, 0) is 48.6 Å². The van der Waals surface area contributed by atoms with Gasteiger partial charge in [-0.1, -0.05) is 36.4 Å². The van der Waals surface area contributed by atoms with Gasteiger partial charge in [0, 0.05) is 33.4 Å². The van der Waals surface area contributed by atoms with E-state index in [0.717, 1.165) is 50.9 Å². The van der Waals surface area contributed by atoms with Crippen molar-refractivity contribution in [1.29, 1.82) is 0 Å². The Morgan fingerprint density at radius 3 is 2.28 bits per heavy atom. The first-order valence-electron chi connectivity index (χ1n) is 11.1. The lowest BCUT2D eigenvalue weighted by molar-refractivity contribution is -0.0390. The molecule has 0 radical (unpaired) electrons. The van der Waals surface area contributed by atoms with E-state index >= 15 is 0 Å². The summed E-state index contributed by atoms with van der Waals surface area (Å²) in [5.74, 6) is 1.76. The SMILES string of the molecule is CCNC(=NCc1ccc(COC2CCOCC2)cc1)N(C)Cc1ccc(OC)cc1.I. The maximum Gasteiger partial charge on any atom is 0.194 e. The number of methoxy groups -OCH3 is 1. The third kappa shape index (κ3) is 8.60. The Balaban J connectivity index is 0.00000363. The monoisotopic (exact) mass is 553 g/mol. The third-order valence-electron chi connectivity index (χ3n) is 5.36. The number of aliphatic imine (C=N–C) groups is 1. The van der Waals surface area contributed by atoms with E-state index < -0.39 is 0 Å². The molecule has 0 aromatic heterocycles. The van der Waals surface area contributed by atoms with Crippen molar-refractivity contribution < 1.29 is 14.2 Å². The number of benzene rings is 2. The van der Waals surface area contributed by atoms with Crippen LogP contribution in [0.4, 0.5) is 0 Å². The molecule has 1 aliphatic rings. The minimum atomic E-state index is 0. The normalized spacial score (nSPS) is 14.5. The zero-order valence-electron chi connectivity index (χ0n) is 19.4. The second-order valence-electron chi connectivity index (χ2n) is 7.81. The number of rotatable bonds is 9. The van der Waals surface area contributed by atoms with Crippen molar-refractivity contribution in [2.75, 3.05) is 33.9 Å². The molecular formula is C25H36IN3O3. The molecular weight excluding hydrogens is 517 g/mol. The van der Waals surface area contributed by atoms with Crippen molar-refractivity contribution in [2.45, 2.75) is 45.6 Å². The Morgan fingerprint density at radius 1 is 1.03 bits per heavy atom. The van der Waals surface area contributed by atoms with Gasteiger partial charge >= 0.3 is 0 Å². The molecule has 0 amide bonds. The fourth-order valence-electron chi connectivity index (χ4n) is 3.51. The summed E-state index contributed by atoms with van der Waals surface area (Å²) in [7, 11) is 3.74. The van der Waals surface area contributed by atoms with E-state index in [4.69, 9.17) is 19.2 Å². The quantitative estimate of drug-likeness (QED) is 0.280. The second kappa shape index (κ2) is 14.3. The summed E-state index contributed by atoms with van der Waals surface area (Å²) >= 11 is 0. The van der Waals surface area contributed by atoms with E-state index in [1.165, 1.54) is 16.7 Å². The highest BCUT2D eigenvalue weighted by molar-refractivity contribution is 14.0. The van der Waals surface area contributed by atoms with Crippen LogP contribution < -0.4 is 10.1 Å². The number of nitrogens with one attached hydrogen (secondary N) is 1. The molecule has 0 aliphatic carbocycles. The summed E-state index contributed by atoms with van der Waals surface area (Å²) in [6.07, 6.45) is 2.30. The molecule has 7 heteroatoms. The van der Waals surface area contributed by atoms with Crippen molar-refractivity contribution in [3.63, 3.8) is 0 Å². The average Bonchev–Trinajstić information content (AvgIpc) is 2.82. The van der Waals surface area contributed by atoms with E-state index in [2.05, 4.69) is 60.6 Å². The molecule has 32 heavy (non-hydrogen) atoms. The second-order valence-corrected chi connectivity index (χ2v) is 7.81. The molecule has 1 fully saturated rings. The van der Waals surface area contributed by atoms with Gasteiger partial charge in [0.25, 0.3) is 0 Å². The number of hydrogen-bond donors (Lipinski definition) is 1. The molecule has 3 rings (SSSR count). The smallest absolute Gasteiger partial charge is 0.194 e. The van der Waals surface area contributed by atoms with E-state index in [9.17, 15) is 0 Å². The highest BCUT2D eigenvalue weighted by Gasteiger charge is 2.14. The van der Waals surface area contributed by atoms with Gasteiger partial charge in [-0.25, -0.2) is 4.99 Å². The minimum absolute atomic E-state index is 0. The van der Waals surface area contributed by atoms with E-state index in [1.807, 2.05) is 12.1 Å². The summed E-state index contributed by atoms with van der Waals surface area (Å²) in [5, 5.41) is 3.38. The highest BCUT2D eigenvalue weighted by atomic mass is 127. The fraction of sp³-hybridized carbons (Fsp3) is 0.480. The van der Waals surface area contributed by atoms with Crippen LogP contribution >= 0.6 is 24.0 Å². The first-order valence-corrected chi connectivity index (χ1v) is 11.1. The topological polar surface area (TPSA) is 55.3 Å². The molecule has 0 bridgehead atoms. The van der Waals surface area contributed by atoms with Crippen LogP contribution in [-0.2, 0) is 29.2 Å². The van der Waals surface area contributed by atoms with E-state index in [0.29, 0.717) is 19.3 Å².